The molecule has 0 bridgehead atoms. The third-order valence-electron chi connectivity index (χ3n) is 9.42. The van der Waals surface area contributed by atoms with Crippen molar-refractivity contribution >= 4 is 33.2 Å². The van der Waals surface area contributed by atoms with Gasteiger partial charge in [-0.05, 0) is 95.3 Å². The Hall–Kier alpha value is -5.20. The Balaban J connectivity index is 1.15. The quantitative estimate of drug-likeness (QED) is 0.213. The van der Waals surface area contributed by atoms with Crippen LogP contribution in [0.5, 0.6) is 0 Å². The average molecular weight is 533 g/mol. The second-order valence-corrected chi connectivity index (χ2v) is 11.6. The van der Waals surface area contributed by atoms with Gasteiger partial charge < -0.3 is 0 Å². The van der Waals surface area contributed by atoms with Crippen LogP contribution < -0.4 is 0 Å². The van der Waals surface area contributed by atoms with Crippen molar-refractivity contribution in [1.29, 1.82) is 0 Å². The second kappa shape index (κ2) is 9.16. The predicted molar refractivity (Wildman–Crippen MR) is 178 cm³/mol. The van der Waals surface area contributed by atoms with Gasteiger partial charge in [-0.25, -0.2) is 0 Å². The molecule has 6 aromatic carbocycles. The predicted octanol–water partition coefficient (Wildman–Crippen LogP) is 10.9. The van der Waals surface area contributed by atoms with Gasteiger partial charge in [-0.3, -0.25) is 0 Å². The highest BCUT2D eigenvalue weighted by Crippen LogP contribution is 2.51. The molecule has 0 spiro atoms. The fourth-order valence-corrected chi connectivity index (χ4v) is 7.39. The van der Waals surface area contributed by atoms with E-state index in [1.165, 1.54) is 82.8 Å². The molecule has 9 rings (SSSR count). The minimum absolute atomic E-state index is 0.284. The highest BCUT2D eigenvalue weighted by molar-refractivity contribution is 5.97. The third-order valence-corrected chi connectivity index (χ3v) is 9.42. The van der Waals surface area contributed by atoms with E-state index in [-0.39, 0.29) is 5.92 Å². The van der Waals surface area contributed by atoms with Gasteiger partial charge in [0.25, 0.3) is 0 Å². The zero-order valence-electron chi connectivity index (χ0n) is 23.2. The largest absolute Gasteiger partial charge is 0.0759 e. The van der Waals surface area contributed by atoms with Crippen LogP contribution in [0.15, 0.2) is 157 Å². The molecule has 0 N–H and O–H groups in total. The molecule has 1 unspecified atom stereocenters. The van der Waals surface area contributed by atoms with E-state index in [1.807, 2.05) is 0 Å². The molecule has 0 nitrogen and oxygen atoms in total. The van der Waals surface area contributed by atoms with E-state index >= 15 is 0 Å². The lowest BCUT2D eigenvalue weighted by atomic mass is 9.67. The summed E-state index contributed by atoms with van der Waals surface area (Å²) >= 11 is 0. The van der Waals surface area contributed by atoms with Crippen molar-refractivity contribution in [3.8, 4) is 22.3 Å². The van der Waals surface area contributed by atoms with Crippen LogP contribution >= 0.6 is 0 Å². The topological polar surface area (TPSA) is 0 Å². The van der Waals surface area contributed by atoms with Crippen LogP contribution in [0.3, 0.4) is 0 Å². The molecule has 42 heavy (non-hydrogen) atoms. The van der Waals surface area contributed by atoms with Crippen LogP contribution in [0.2, 0.25) is 0 Å². The first-order chi connectivity index (χ1) is 20.8. The van der Waals surface area contributed by atoms with Gasteiger partial charge in [-0.15, -0.1) is 0 Å². The van der Waals surface area contributed by atoms with Crippen LogP contribution in [-0.4, -0.2) is 0 Å². The van der Waals surface area contributed by atoms with Crippen molar-refractivity contribution in [3.63, 3.8) is 0 Å². The normalized spacial score (nSPS) is 16.6. The molecule has 0 saturated heterocycles. The van der Waals surface area contributed by atoms with E-state index in [2.05, 4.69) is 152 Å². The van der Waals surface area contributed by atoms with Crippen LogP contribution in [0.1, 0.15) is 28.2 Å². The molecule has 0 aliphatic heterocycles. The molecule has 0 aromatic heterocycles. The molecular weight excluding hydrogens is 504 g/mol. The summed E-state index contributed by atoms with van der Waals surface area (Å²) in [6.45, 7) is 0. The van der Waals surface area contributed by atoms with Crippen LogP contribution in [0.25, 0.3) is 55.4 Å². The molecule has 3 aliphatic rings. The smallest absolute Gasteiger partial charge is 0.0352 e. The minimum atomic E-state index is 0.284. The Labute approximate surface area is 246 Å². The summed E-state index contributed by atoms with van der Waals surface area (Å²) in [7, 11) is 0. The van der Waals surface area contributed by atoms with Gasteiger partial charge >= 0.3 is 0 Å². The van der Waals surface area contributed by atoms with E-state index < -0.39 is 0 Å². The zero-order valence-corrected chi connectivity index (χ0v) is 23.2. The molecule has 0 fully saturated rings. The number of fused-ring (bicyclic) bond motifs is 2. The van der Waals surface area contributed by atoms with Crippen LogP contribution in [-0.2, 0) is 6.42 Å². The Morgan fingerprint density at radius 3 is 2.17 bits per heavy atom. The van der Waals surface area contributed by atoms with Crippen LogP contribution in [0.4, 0.5) is 0 Å². The number of rotatable bonds is 3. The number of hydrogen-bond acceptors (Lipinski definition) is 0. The summed E-state index contributed by atoms with van der Waals surface area (Å²) < 4.78 is 0. The first kappa shape index (κ1) is 23.5. The highest BCUT2D eigenvalue weighted by Gasteiger charge is 2.33. The zero-order chi connectivity index (χ0) is 27.6. The lowest BCUT2D eigenvalue weighted by Crippen LogP contribution is -2.19. The van der Waals surface area contributed by atoms with Gasteiger partial charge in [-0.1, -0.05) is 146 Å². The maximum Gasteiger partial charge on any atom is 0.0352 e. The van der Waals surface area contributed by atoms with Crippen molar-refractivity contribution in [2.75, 3.05) is 0 Å². The molecule has 1 atom stereocenters. The first-order valence-electron chi connectivity index (χ1n) is 14.9. The molecule has 0 saturated carbocycles. The Morgan fingerprint density at radius 1 is 0.500 bits per heavy atom. The fourth-order valence-electron chi connectivity index (χ4n) is 7.39. The van der Waals surface area contributed by atoms with Crippen molar-refractivity contribution in [2.24, 2.45) is 0 Å². The van der Waals surface area contributed by atoms with Gasteiger partial charge in [0.2, 0.25) is 0 Å². The maximum atomic E-state index is 2.46. The molecular formula is C42H28. The molecule has 0 amide bonds. The average Bonchev–Trinajstić information content (AvgIpc) is 3.06. The Kier molecular flexibility index (Phi) is 5.12. The summed E-state index contributed by atoms with van der Waals surface area (Å²) in [5, 5.41) is 5.16. The van der Waals surface area contributed by atoms with Crippen molar-refractivity contribution < 1.29 is 0 Å². The van der Waals surface area contributed by atoms with E-state index in [4.69, 9.17) is 0 Å². The number of benzene rings is 6. The van der Waals surface area contributed by atoms with Crippen LogP contribution in [0, 0.1) is 0 Å². The highest BCUT2D eigenvalue weighted by atomic mass is 14.4. The molecule has 0 heteroatoms. The summed E-state index contributed by atoms with van der Waals surface area (Å²) in [4.78, 5) is 0. The summed E-state index contributed by atoms with van der Waals surface area (Å²) in [6.07, 6.45) is 12.8. The second-order valence-electron chi connectivity index (χ2n) is 11.6. The van der Waals surface area contributed by atoms with Gasteiger partial charge in [0.1, 0.15) is 0 Å². The first-order valence-corrected chi connectivity index (χ1v) is 14.9. The lowest BCUT2D eigenvalue weighted by Gasteiger charge is -2.36. The monoisotopic (exact) mass is 532 g/mol. The fraction of sp³-hybridized carbons (Fsp3) is 0.0476. The number of allylic oxidation sites excluding steroid dienone is 7. The van der Waals surface area contributed by atoms with Crippen molar-refractivity contribution in [3.05, 3.63) is 179 Å². The van der Waals surface area contributed by atoms with Crippen molar-refractivity contribution in [2.45, 2.75) is 12.3 Å². The Morgan fingerprint density at radius 2 is 1.26 bits per heavy atom. The van der Waals surface area contributed by atoms with Gasteiger partial charge in [0, 0.05) is 5.92 Å². The van der Waals surface area contributed by atoms with E-state index in [0.29, 0.717) is 0 Å². The third kappa shape index (κ3) is 3.55. The molecule has 0 radical (unpaired) electrons. The lowest BCUT2D eigenvalue weighted by molar-refractivity contribution is 0.897. The summed E-state index contributed by atoms with van der Waals surface area (Å²) in [5.74, 6) is 0.284. The maximum absolute atomic E-state index is 2.46. The molecule has 6 aromatic rings. The molecule has 196 valence electrons. The van der Waals surface area contributed by atoms with Gasteiger partial charge in [0.05, 0.1) is 0 Å². The SMILES string of the molecule is C1=CC(c2ccc(-c3cccc4ccccc34)cc2)=C2C=Cc3ccc(-c4ccc5ccccc5c4)c4c3C2C1=CC4. The molecule has 0 heterocycles. The van der Waals surface area contributed by atoms with Gasteiger partial charge in [-0.2, -0.15) is 0 Å². The summed E-state index contributed by atoms with van der Waals surface area (Å²) in [5.41, 5.74) is 15.0. The Bertz CT molecular complexity index is 2190. The number of hydrogen-bond donors (Lipinski definition) is 0. The van der Waals surface area contributed by atoms with Crippen molar-refractivity contribution in [1.82, 2.24) is 0 Å². The standard InChI is InChI=1S/C42H28/c1-2-8-33-26-34(17-12-27(33)6-1)38-23-19-32-20-24-39-37(22-18-31-21-25-40(38)42(32)41(31)39)30-15-13-29(14-16-30)36-11-5-9-28-7-3-4-10-35(28)36/h1-24,26,41H,25H2. The van der Waals surface area contributed by atoms with E-state index in [1.54, 1.807) is 0 Å². The van der Waals surface area contributed by atoms with E-state index in [0.717, 1.165) is 6.42 Å². The van der Waals surface area contributed by atoms with Gasteiger partial charge in [0.15, 0.2) is 0 Å². The molecule has 3 aliphatic carbocycles. The minimum Gasteiger partial charge on any atom is -0.0759 e. The summed E-state index contributed by atoms with van der Waals surface area (Å²) in [6, 6.07) is 44.6. The van der Waals surface area contributed by atoms with E-state index in [9.17, 15) is 0 Å².